The highest BCUT2D eigenvalue weighted by atomic mass is 32.2. The number of ether oxygens (including phenoxy) is 1. The largest absolute Gasteiger partial charge is 0.432 e. The lowest BCUT2D eigenvalue weighted by Crippen LogP contribution is -2.41. The van der Waals surface area contributed by atoms with Crippen molar-refractivity contribution in [3.8, 4) is 5.75 Å². The third-order valence-electron chi connectivity index (χ3n) is 3.10. The lowest BCUT2D eigenvalue weighted by Gasteiger charge is -2.22. The van der Waals surface area contributed by atoms with Crippen LogP contribution >= 0.6 is 0 Å². The average molecular weight is 325 g/mol. The molecule has 4 nitrogen and oxygen atoms in total. The van der Waals surface area contributed by atoms with E-state index in [4.69, 9.17) is 0 Å². The molecule has 120 valence electrons. The molecule has 0 spiro atoms. The first-order valence-electron chi connectivity index (χ1n) is 6.16. The van der Waals surface area contributed by atoms with E-state index in [1.165, 1.54) is 6.07 Å². The predicted molar refractivity (Wildman–Crippen MR) is 73.7 cm³/mol. The van der Waals surface area contributed by atoms with Gasteiger partial charge in [-0.2, -0.15) is 8.78 Å². The molecular weight excluding hydrogens is 307 g/mol. The molecule has 0 aliphatic heterocycles. The van der Waals surface area contributed by atoms with Crippen molar-refractivity contribution in [3.63, 3.8) is 0 Å². The Hall–Kier alpha value is -1.28. The van der Waals surface area contributed by atoms with E-state index in [9.17, 15) is 21.6 Å². The summed E-state index contributed by atoms with van der Waals surface area (Å²) in [5, 5.41) is 2.90. The van der Waals surface area contributed by atoms with Gasteiger partial charge >= 0.3 is 6.61 Å². The normalized spacial score (nSPS) is 12.7. The Labute approximate surface area is 122 Å². The van der Waals surface area contributed by atoms with E-state index in [1.807, 2.05) is 0 Å². The first kappa shape index (κ1) is 17.8. The first-order valence-corrected chi connectivity index (χ1v) is 8.05. The van der Waals surface area contributed by atoms with Crippen molar-refractivity contribution in [2.45, 2.75) is 31.8 Å². The number of rotatable bonds is 7. The minimum absolute atomic E-state index is 0.183. The zero-order valence-electron chi connectivity index (χ0n) is 12.0. The van der Waals surface area contributed by atoms with Crippen molar-refractivity contribution < 1.29 is 26.3 Å². The van der Waals surface area contributed by atoms with Crippen LogP contribution in [0.4, 0.5) is 13.2 Å². The molecule has 0 fully saturated rings. The molecule has 1 aromatic rings. The fraction of sp³-hybridized carbons (Fsp3) is 0.538. The second-order valence-corrected chi connectivity index (χ2v) is 7.93. The molecule has 0 aromatic heterocycles. The van der Waals surface area contributed by atoms with Gasteiger partial charge in [0.2, 0.25) is 0 Å². The highest BCUT2D eigenvalue weighted by molar-refractivity contribution is 7.92. The van der Waals surface area contributed by atoms with Crippen molar-refractivity contribution in [2.24, 2.45) is 0 Å². The predicted octanol–water partition coefficient (Wildman–Crippen LogP) is 2.34. The van der Waals surface area contributed by atoms with Crippen LogP contribution in [0.25, 0.3) is 0 Å². The molecule has 0 saturated carbocycles. The monoisotopic (exact) mass is 325 g/mol. The van der Waals surface area contributed by atoms with E-state index in [0.29, 0.717) is 5.56 Å². The molecule has 0 radical (unpaired) electrons. The molecule has 1 N–H and O–H groups in total. The van der Waals surface area contributed by atoms with Crippen LogP contribution in [0.5, 0.6) is 5.75 Å². The molecule has 21 heavy (non-hydrogen) atoms. The van der Waals surface area contributed by atoms with Crippen LogP contribution in [0.15, 0.2) is 18.2 Å². The van der Waals surface area contributed by atoms with E-state index in [2.05, 4.69) is 10.1 Å². The molecule has 0 amide bonds. The first-order chi connectivity index (χ1) is 9.53. The molecule has 0 heterocycles. The maximum Gasteiger partial charge on any atom is 0.387 e. The van der Waals surface area contributed by atoms with Gasteiger partial charge in [-0.3, -0.25) is 0 Å². The van der Waals surface area contributed by atoms with Crippen LogP contribution in [-0.2, 0) is 16.4 Å². The molecule has 0 atom stereocenters. The highest BCUT2D eigenvalue weighted by Crippen LogP contribution is 2.20. The van der Waals surface area contributed by atoms with Crippen LogP contribution in [0.1, 0.15) is 19.4 Å². The fourth-order valence-electron chi connectivity index (χ4n) is 1.48. The standard InChI is InChI=1S/C13H18F3NO3S/c1-13(2,21(3,18)19)8-17-7-9-4-5-11(10(14)6-9)20-12(15)16/h4-6,12,17H,7-8H2,1-3H3. The second kappa shape index (κ2) is 6.65. The summed E-state index contributed by atoms with van der Waals surface area (Å²) in [6, 6.07) is 3.61. The Morgan fingerprint density at radius 3 is 2.43 bits per heavy atom. The minimum Gasteiger partial charge on any atom is -0.432 e. The van der Waals surface area contributed by atoms with E-state index >= 15 is 0 Å². The maximum atomic E-state index is 13.5. The molecule has 0 bridgehead atoms. The number of alkyl halides is 2. The lowest BCUT2D eigenvalue weighted by molar-refractivity contribution is -0.0522. The smallest absolute Gasteiger partial charge is 0.387 e. The Bertz CT molecular complexity index is 588. The van der Waals surface area contributed by atoms with Gasteiger partial charge in [-0.15, -0.1) is 0 Å². The number of nitrogens with one attached hydrogen (secondary N) is 1. The topological polar surface area (TPSA) is 55.4 Å². The molecule has 1 rings (SSSR count). The molecule has 0 aliphatic rings. The summed E-state index contributed by atoms with van der Waals surface area (Å²) < 4.78 is 63.5. The van der Waals surface area contributed by atoms with Crippen molar-refractivity contribution >= 4 is 9.84 Å². The second-order valence-electron chi connectivity index (χ2n) is 5.28. The third kappa shape index (κ3) is 5.20. The van der Waals surface area contributed by atoms with Crippen molar-refractivity contribution in [2.75, 3.05) is 12.8 Å². The summed E-state index contributed by atoms with van der Waals surface area (Å²) in [6.07, 6.45) is 1.14. The van der Waals surface area contributed by atoms with Gasteiger partial charge in [0.05, 0.1) is 4.75 Å². The molecule has 0 unspecified atom stereocenters. The number of halogens is 3. The summed E-state index contributed by atoms with van der Waals surface area (Å²) in [6.45, 7) is 0.470. The molecule has 0 saturated heterocycles. The third-order valence-corrected chi connectivity index (χ3v) is 5.25. The zero-order chi connectivity index (χ0) is 16.3. The molecule has 1 aromatic carbocycles. The Balaban J connectivity index is 2.63. The van der Waals surface area contributed by atoms with Gasteiger partial charge in [-0.25, -0.2) is 12.8 Å². The quantitative estimate of drug-likeness (QED) is 0.836. The molecule has 0 aliphatic carbocycles. The maximum absolute atomic E-state index is 13.5. The van der Waals surface area contributed by atoms with Crippen LogP contribution in [0, 0.1) is 5.82 Å². The summed E-state index contributed by atoms with van der Waals surface area (Å²) in [4.78, 5) is 0. The van der Waals surface area contributed by atoms with Crippen molar-refractivity contribution in [1.82, 2.24) is 5.32 Å². The number of hydrogen-bond acceptors (Lipinski definition) is 4. The van der Waals surface area contributed by atoms with Crippen molar-refractivity contribution in [3.05, 3.63) is 29.6 Å². The van der Waals surface area contributed by atoms with E-state index in [-0.39, 0.29) is 13.1 Å². The van der Waals surface area contributed by atoms with Crippen molar-refractivity contribution in [1.29, 1.82) is 0 Å². The van der Waals surface area contributed by atoms with Crippen LogP contribution < -0.4 is 10.1 Å². The summed E-state index contributed by atoms with van der Waals surface area (Å²) in [5.41, 5.74) is 0.499. The van der Waals surface area contributed by atoms with E-state index < -0.39 is 32.8 Å². The minimum atomic E-state index is -3.23. The Kier molecular flexibility index (Phi) is 5.63. The highest BCUT2D eigenvalue weighted by Gasteiger charge is 2.29. The van der Waals surface area contributed by atoms with Gasteiger partial charge in [0.1, 0.15) is 0 Å². The lowest BCUT2D eigenvalue weighted by atomic mass is 10.2. The van der Waals surface area contributed by atoms with Crippen LogP contribution in [-0.4, -0.2) is 32.6 Å². The Morgan fingerprint density at radius 2 is 1.95 bits per heavy atom. The van der Waals surface area contributed by atoms with Gasteiger partial charge in [0.25, 0.3) is 0 Å². The van der Waals surface area contributed by atoms with Crippen LogP contribution in [0.3, 0.4) is 0 Å². The van der Waals surface area contributed by atoms with Crippen LogP contribution in [0.2, 0.25) is 0 Å². The van der Waals surface area contributed by atoms with Gasteiger partial charge in [-0.1, -0.05) is 6.07 Å². The summed E-state index contributed by atoms with van der Waals surface area (Å²) in [7, 11) is -3.23. The number of sulfone groups is 1. The van der Waals surface area contributed by atoms with Gasteiger partial charge in [-0.05, 0) is 31.5 Å². The van der Waals surface area contributed by atoms with Gasteiger partial charge < -0.3 is 10.1 Å². The number of benzene rings is 1. The average Bonchev–Trinajstić information content (AvgIpc) is 2.30. The zero-order valence-corrected chi connectivity index (χ0v) is 12.8. The SMILES string of the molecule is CC(C)(CNCc1ccc(OC(F)F)c(F)c1)S(C)(=O)=O. The van der Waals surface area contributed by atoms with E-state index in [0.717, 1.165) is 18.4 Å². The van der Waals surface area contributed by atoms with Gasteiger partial charge in [0, 0.05) is 19.3 Å². The van der Waals surface area contributed by atoms with E-state index in [1.54, 1.807) is 13.8 Å². The van der Waals surface area contributed by atoms with Gasteiger partial charge in [0.15, 0.2) is 21.4 Å². The fourth-order valence-corrected chi connectivity index (χ4v) is 1.85. The number of hydrogen-bond donors (Lipinski definition) is 1. The Morgan fingerprint density at radius 1 is 1.33 bits per heavy atom. The molecule has 8 heteroatoms. The molecular formula is C13H18F3NO3S. The summed E-state index contributed by atoms with van der Waals surface area (Å²) in [5.74, 6) is -1.41. The summed E-state index contributed by atoms with van der Waals surface area (Å²) >= 11 is 0.